The molecular weight excluding hydrogens is 283 g/mol. The minimum atomic E-state index is -0.449. The Kier molecular flexibility index (Phi) is 4.57. The van der Waals surface area contributed by atoms with E-state index in [1.165, 1.54) is 12.4 Å². The Labute approximate surface area is 120 Å². The highest BCUT2D eigenvalue weighted by atomic mass is 35.5. The number of ether oxygens (including phenoxy) is 1. The number of nitrogen functional groups attached to an aromatic ring is 1. The molecule has 7 heteroatoms. The Morgan fingerprint density at radius 2 is 2.20 bits per heavy atom. The van der Waals surface area contributed by atoms with Gasteiger partial charge in [0.25, 0.3) is 0 Å². The molecule has 20 heavy (non-hydrogen) atoms. The SMILES string of the molecule is CCOc1ncnc(NCc2ccc(F)c(Cl)c2)c1N. The number of nitrogens with one attached hydrogen (secondary N) is 1. The zero-order valence-electron chi connectivity index (χ0n) is 10.9. The van der Waals surface area contributed by atoms with E-state index < -0.39 is 5.82 Å². The fourth-order valence-corrected chi connectivity index (χ4v) is 1.81. The largest absolute Gasteiger partial charge is 0.476 e. The Morgan fingerprint density at radius 3 is 2.90 bits per heavy atom. The highest BCUT2D eigenvalue weighted by molar-refractivity contribution is 6.30. The van der Waals surface area contributed by atoms with Crippen molar-refractivity contribution in [3.63, 3.8) is 0 Å². The molecule has 5 nitrogen and oxygen atoms in total. The highest BCUT2D eigenvalue weighted by Crippen LogP contribution is 2.25. The summed E-state index contributed by atoms with van der Waals surface area (Å²) in [7, 11) is 0. The first-order chi connectivity index (χ1) is 9.61. The quantitative estimate of drug-likeness (QED) is 0.887. The van der Waals surface area contributed by atoms with Crippen LogP contribution >= 0.6 is 11.6 Å². The third-order valence-electron chi connectivity index (χ3n) is 2.57. The smallest absolute Gasteiger partial charge is 0.242 e. The number of hydrogen-bond donors (Lipinski definition) is 2. The molecule has 0 aliphatic rings. The summed E-state index contributed by atoms with van der Waals surface area (Å²) in [4.78, 5) is 7.98. The second-order valence-corrected chi connectivity index (χ2v) is 4.38. The maximum atomic E-state index is 13.1. The van der Waals surface area contributed by atoms with Crippen molar-refractivity contribution in [2.45, 2.75) is 13.5 Å². The molecule has 0 aliphatic heterocycles. The first kappa shape index (κ1) is 14.3. The topological polar surface area (TPSA) is 73.1 Å². The maximum absolute atomic E-state index is 13.1. The van der Waals surface area contributed by atoms with E-state index in [4.69, 9.17) is 22.1 Å². The normalized spacial score (nSPS) is 10.3. The molecule has 0 saturated heterocycles. The van der Waals surface area contributed by atoms with Crippen molar-refractivity contribution >= 4 is 23.1 Å². The number of halogens is 2. The Hall–Kier alpha value is -2.08. The van der Waals surface area contributed by atoms with Gasteiger partial charge >= 0.3 is 0 Å². The summed E-state index contributed by atoms with van der Waals surface area (Å²) >= 11 is 5.72. The minimum absolute atomic E-state index is 0.0787. The lowest BCUT2D eigenvalue weighted by Crippen LogP contribution is -2.08. The van der Waals surface area contributed by atoms with Crippen LogP contribution in [0.3, 0.4) is 0 Å². The monoisotopic (exact) mass is 296 g/mol. The van der Waals surface area contributed by atoms with Gasteiger partial charge in [-0.2, -0.15) is 4.98 Å². The molecule has 0 amide bonds. The standard InChI is InChI=1S/C13H14ClFN4O/c1-2-20-13-11(16)12(18-7-19-13)17-6-8-3-4-10(15)9(14)5-8/h3-5,7H,2,6,16H2,1H3,(H,17,18,19). The van der Waals surface area contributed by atoms with Crippen LogP contribution in [0.5, 0.6) is 5.88 Å². The van der Waals surface area contributed by atoms with E-state index in [1.54, 1.807) is 12.1 Å². The summed E-state index contributed by atoms with van der Waals surface area (Å²) in [5.74, 6) is 0.349. The molecule has 106 valence electrons. The molecular formula is C13H14ClFN4O. The van der Waals surface area contributed by atoms with E-state index in [0.717, 1.165) is 5.56 Å². The Morgan fingerprint density at radius 1 is 1.40 bits per heavy atom. The molecule has 2 aromatic rings. The van der Waals surface area contributed by atoms with Crippen LogP contribution in [0, 0.1) is 5.82 Å². The molecule has 3 N–H and O–H groups in total. The first-order valence-electron chi connectivity index (χ1n) is 6.03. The van der Waals surface area contributed by atoms with Crippen molar-refractivity contribution in [3.05, 3.63) is 40.9 Å². The van der Waals surface area contributed by atoms with Gasteiger partial charge in [-0.05, 0) is 24.6 Å². The predicted molar refractivity (Wildman–Crippen MR) is 76.4 cm³/mol. The lowest BCUT2D eigenvalue weighted by Gasteiger charge is -2.11. The zero-order valence-corrected chi connectivity index (χ0v) is 11.6. The molecule has 0 radical (unpaired) electrons. The number of benzene rings is 1. The van der Waals surface area contributed by atoms with Gasteiger partial charge in [-0.15, -0.1) is 0 Å². The van der Waals surface area contributed by atoms with Crippen LogP contribution in [0.25, 0.3) is 0 Å². The Balaban J connectivity index is 2.10. The molecule has 1 heterocycles. The van der Waals surface area contributed by atoms with E-state index in [0.29, 0.717) is 30.5 Å². The third kappa shape index (κ3) is 3.27. The second-order valence-electron chi connectivity index (χ2n) is 3.98. The van der Waals surface area contributed by atoms with Gasteiger partial charge in [0.05, 0.1) is 11.6 Å². The number of anilines is 2. The van der Waals surface area contributed by atoms with Crippen LogP contribution in [-0.2, 0) is 6.54 Å². The summed E-state index contributed by atoms with van der Waals surface area (Å²) in [6, 6.07) is 4.49. The predicted octanol–water partition coefficient (Wildman–Crippen LogP) is 2.86. The molecule has 1 aromatic heterocycles. The van der Waals surface area contributed by atoms with Crippen LogP contribution in [0.15, 0.2) is 24.5 Å². The average Bonchev–Trinajstić information content (AvgIpc) is 2.44. The van der Waals surface area contributed by atoms with Crippen molar-refractivity contribution in [2.75, 3.05) is 17.7 Å². The van der Waals surface area contributed by atoms with Gasteiger partial charge < -0.3 is 15.8 Å². The third-order valence-corrected chi connectivity index (χ3v) is 2.86. The number of rotatable bonds is 5. The van der Waals surface area contributed by atoms with E-state index in [9.17, 15) is 4.39 Å². The number of hydrogen-bond acceptors (Lipinski definition) is 5. The van der Waals surface area contributed by atoms with Gasteiger partial charge in [0.2, 0.25) is 5.88 Å². The highest BCUT2D eigenvalue weighted by Gasteiger charge is 2.09. The second kappa shape index (κ2) is 6.38. The van der Waals surface area contributed by atoms with Gasteiger partial charge in [0, 0.05) is 6.54 Å². The lowest BCUT2D eigenvalue weighted by molar-refractivity contribution is 0.328. The van der Waals surface area contributed by atoms with Crippen LogP contribution in [0.2, 0.25) is 5.02 Å². The van der Waals surface area contributed by atoms with Crippen LogP contribution in [0.4, 0.5) is 15.9 Å². The molecule has 0 bridgehead atoms. The van der Waals surface area contributed by atoms with Gasteiger partial charge in [0.1, 0.15) is 17.8 Å². The summed E-state index contributed by atoms with van der Waals surface area (Å²) < 4.78 is 18.3. The summed E-state index contributed by atoms with van der Waals surface area (Å²) in [6.07, 6.45) is 1.36. The van der Waals surface area contributed by atoms with Gasteiger partial charge in [0.15, 0.2) is 5.82 Å². The fraction of sp³-hybridized carbons (Fsp3) is 0.231. The summed E-state index contributed by atoms with van der Waals surface area (Å²) in [5, 5.41) is 3.12. The molecule has 0 fully saturated rings. The summed E-state index contributed by atoms with van der Waals surface area (Å²) in [6.45, 7) is 2.72. The van der Waals surface area contributed by atoms with Crippen LogP contribution < -0.4 is 15.8 Å². The molecule has 1 aromatic carbocycles. The molecule has 0 spiro atoms. The molecule has 0 unspecified atom stereocenters. The zero-order chi connectivity index (χ0) is 14.5. The van der Waals surface area contributed by atoms with Crippen molar-refractivity contribution < 1.29 is 9.13 Å². The van der Waals surface area contributed by atoms with E-state index >= 15 is 0 Å². The fourth-order valence-electron chi connectivity index (χ4n) is 1.61. The lowest BCUT2D eigenvalue weighted by atomic mass is 10.2. The summed E-state index contributed by atoms with van der Waals surface area (Å²) in [5.41, 5.74) is 7.04. The van der Waals surface area contributed by atoms with Gasteiger partial charge in [-0.3, -0.25) is 0 Å². The van der Waals surface area contributed by atoms with E-state index in [2.05, 4.69) is 15.3 Å². The van der Waals surface area contributed by atoms with Gasteiger partial charge in [-0.25, -0.2) is 9.37 Å². The maximum Gasteiger partial charge on any atom is 0.242 e. The average molecular weight is 297 g/mol. The van der Waals surface area contributed by atoms with Crippen molar-refractivity contribution in [1.82, 2.24) is 9.97 Å². The Bertz CT molecular complexity index is 609. The molecule has 0 saturated carbocycles. The van der Waals surface area contributed by atoms with E-state index in [-0.39, 0.29) is 5.02 Å². The van der Waals surface area contributed by atoms with Crippen molar-refractivity contribution in [3.8, 4) is 5.88 Å². The number of nitrogens with two attached hydrogens (primary N) is 1. The van der Waals surface area contributed by atoms with Crippen molar-refractivity contribution in [1.29, 1.82) is 0 Å². The number of nitrogens with zero attached hydrogens (tertiary/aromatic N) is 2. The van der Waals surface area contributed by atoms with Crippen LogP contribution in [-0.4, -0.2) is 16.6 Å². The first-order valence-corrected chi connectivity index (χ1v) is 6.40. The van der Waals surface area contributed by atoms with E-state index in [1.807, 2.05) is 6.92 Å². The molecule has 0 aliphatic carbocycles. The molecule has 0 atom stereocenters. The minimum Gasteiger partial charge on any atom is -0.476 e. The van der Waals surface area contributed by atoms with Gasteiger partial charge in [-0.1, -0.05) is 17.7 Å². The van der Waals surface area contributed by atoms with Crippen molar-refractivity contribution in [2.24, 2.45) is 0 Å². The van der Waals surface area contributed by atoms with Crippen LogP contribution in [0.1, 0.15) is 12.5 Å². The number of aromatic nitrogens is 2. The molecule has 2 rings (SSSR count).